The molecule has 2 heterocycles. The van der Waals surface area contributed by atoms with Crippen molar-refractivity contribution in [2.75, 3.05) is 32.7 Å². The van der Waals surface area contributed by atoms with Gasteiger partial charge in [-0.1, -0.05) is 6.07 Å². The van der Waals surface area contributed by atoms with Gasteiger partial charge >= 0.3 is 0 Å². The van der Waals surface area contributed by atoms with Crippen molar-refractivity contribution in [2.45, 2.75) is 19.4 Å². The van der Waals surface area contributed by atoms with Crippen molar-refractivity contribution in [1.82, 2.24) is 9.80 Å². The molecular weight excluding hydrogens is 248 g/mol. The van der Waals surface area contributed by atoms with Crippen LogP contribution in [-0.2, 0) is 4.79 Å². The lowest BCUT2D eigenvalue weighted by atomic mass is 10.2. The third kappa shape index (κ3) is 3.54. The van der Waals surface area contributed by atoms with Crippen LogP contribution in [0.15, 0.2) is 17.5 Å². The number of carbonyl (C=O) groups excluding carboxylic acids is 1. The molecular formula is C13H20N2O2S. The largest absolute Gasteiger partial charge is 0.388 e. The SMILES string of the molecule is CC(=O)N1CCN(CCC(O)c2cccs2)CC1. The summed E-state index contributed by atoms with van der Waals surface area (Å²) in [6.07, 6.45) is 0.413. The fourth-order valence-corrected chi connectivity index (χ4v) is 2.96. The molecule has 1 N–H and O–H groups in total. The van der Waals surface area contributed by atoms with Gasteiger partial charge in [-0.15, -0.1) is 11.3 Å². The first-order valence-corrected chi connectivity index (χ1v) is 7.24. The van der Waals surface area contributed by atoms with Crippen molar-refractivity contribution in [3.05, 3.63) is 22.4 Å². The summed E-state index contributed by atoms with van der Waals surface area (Å²) in [5.74, 6) is 0.160. The molecule has 1 unspecified atom stereocenters. The average molecular weight is 268 g/mol. The van der Waals surface area contributed by atoms with Crippen LogP contribution in [0.2, 0.25) is 0 Å². The molecule has 1 fully saturated rings. The summed E-state index contributed by atoms with van der Waals surface area (Å²) >= 11 is 1.60. The lowest BCUT2D eigenvalue weighted by Crippen LogP contribution is -2.48. The zero-order valence-corrected chi connectivity index (χ0v) is 11.5. The zero-order valence-electron chi connectivity index (χ0n) is 10.7. The Hall–Kier alpha value is -0.910. The maximum atomic E-state index is 11.2. The molecule has 100 valence electrons. The molecule has 1 amide bonds. The quantitative estimate of drug-likeness (QED) is 0.896. The third-order valence-electron chi connectivity index (χ3n) is 3.41. The van der Waals surface area contributed by atoms with Crippen LogP contribution in [0.4, 0.5) is 0 Å². The van der Waals surface area contributed by atoms with E-state index in [1.807, 2.05) is 22.4 Å². The van der Waals surface area contributed by atoms with Crippen LogP contribution in [0.3, 0.4) is 0 Å². The van der Waals surface area contributed by atoms with Gasteiger partial charge in [0.15, 0.2) is 0 Å². The van der Waals surface area contributed by atoms with Crippen LogP contribution >= 0.6 is 11.3 Å². The maximum absolute atomic E-state index is 11.2. The molecule has 4 nitrogen and oxygen atoms in total. The van der Waals surface area contributed by atoms with E-state index in [0.29, 0.717) is 0 Å². The van der Waals surface area contributed by atoms with E-state index in [2.05, 4.69) is 4.90 Å². The summed E-state index contributed by atoms with van der Waals surface area (Å²) in [6, 6.07) is 3.94. The minimum absolute atomic E-state index is 0.160. The van der Waals surface area contributed by atoms with E-state index in [-0.39, 0.29) is 12.0 Å². The highest BCUT2D eigenvalue weighted by molar-refractivity contribution is 7.10. The van der Waals surface area contributed by atoms with E-state index in [4.69, 9.17) is 0 Å². The Morgan fingerprint density at radius 2 is 2.17 bits per heavy atom. The molecule has 1 aromatic rings. The fourth-order valence-electron chi connectivity index (χ4n) is 2.21. The molecule has 0 aliphatic carbocycles. The number of piperazine rings is 1. The number of rotatable bonds is 4. The van der Waals surface area contributed by atoms with Crippen LogP contribution in [0.1, 0.15) is 24.3 Å². The van der Waals surface area contributed by atoms with Gasteiger partial charge in [0.25, 0.3) is 0 Å². The molecule has 5 heteroatoms. The van der Waals surface area contributed by atoms with Gasteiger partial charge in [-0.25, -0.2) is 0 Å². The predicted octanol–water partition coefficient (Wildman–Crippen LogP) is 1.34. The summed E-state index contributed by atoms with van der Waals surface area (Å²) in [5.41, 5.74) is 0. The Labute approximate surface area is 112 Å². The molecule has 0 bridgehead atoms. The summed E-state index contributed by atoms with van der Waals surface area (Å²) in [7, 11) is 0. The Balaban J connectivity index is 1.71. The minimum Gasteiger partial charge on any atom is -0.388 e. The highest BCUT2D eigenvalue weighted by atomic mass is 32.1. The monoisotopic (exact) mass is 268 g/mol. The van der Waals surface area contributed by atoms with Gasteiger partial charge in [-0.3, -0.25) is 9.69 Å². The van der Waals surface area contributed by atoms with Crippen molar-refractivity contribution in [1.29, 1.82) is 0 Å². The van der Waals surface area contributed by atoms with Gasteiger partial charge in [-0.2, -0.15) is 0 Å². The molecule has 18 heavy (non-hydrogen) atoms. The van der Waals surface area contributed by atoms with Gasteiger partial charge in [0.05, 0.1) is 6.10 Å². The Bertz CT molecular complexity index is 372. The number of aliphatic hydroxyl groups excluding tert-OH is 1. The van der Waals surface area contributed by atoms with Gasteiger partial charge in [0.2, 0.25) is 5.91 Å². The second kappa shape index (κ2) is 6.31. The number of amides is 1. The second-order valence-corrected chi connectivity index (χ2v) is 5.65. The lowest BCUT2D eigenvalue weighted by molar-refractivity contribution is -0.130. The van der Waals surface area contributed by atoms with E-state index in [9.17, 15) is 9.90 Å². The zero-order chi connectivity index (χ0) is 13.0. The Morgan fingerprint density at radius 1 is 1.44 bits per heavy atom. The molecule has 0 spiro atoms. The summed E-state index contributed by atoms with van der Waals surface area (Å²) in [5, 5.41) is 12.0. The van der Waals surface area contributed by atoms with Crippen LogP contribution in [0.25, 0.3) is 0 Å². The summed E-state index contributed by atoms with van der Waals surface area (Å²) in [4.78, 5) is 16.4. The molecule has 1 atom stereocenters. The first kappa shape index (κ1) is 13.5. The highest BCUT2D eigenvalue weighted by Crippen LogP contribution is 2.22. The predicted molar refractivity (Wildman–Crippen MR) is 72.6 cm³/mol. The van der Waals surface area contributed by atoms with Crippen LogP contribution < -0.4 is 0 Å². The molecule has 0 radical (unpaired) electrons. The van der Waals surface area contributed by atoms with Crippen LogP contribution in [-0.4, -0.2) is 53.5 Å². The first-order valence-electron chi connectivity index (χ1n) is 6.36. The summed E-state index contributed by atoms with van der Waals surface area (Å²) < 4.78 is 0. The van der Waals surface area contributed by atoms with Crippen molar-refractivity contribution in [2.24, 2.45) is 0 Å². The van der Waals surface area contributed by atoms with Crippen LogP contribution in [0, 0.1) is 0 Å². The Kier molecular flexibility index (Phi) is 4.74. The number of thiophene rings is 1. The Morgan fingerprint density at radius 3 is 2.72 bits per heavy atom. The third-order valence-corrected chi connectivity index (χ3v) is 4.38. The standard InChI is InChI=1S/C13H20N2O2S/c1-11(16)15-8-6-14(7-9-15)5-4-12(17)13-3-2-10-18-13/h2-3,10,12,17H,4-9H2,1H3. The van der Waals surface area contributed by atoms with Crippen LogP contribution in [0.5, 0.6) is 0 Å². The van der Waals surface area contributed by atoms with Gasteiger partial charge in [0, 0.05) is 44.5 Å². The lowest BCUT2D eigenvalue weighted by Gasteiger charge is -2.34. The van der Waals surface area contributed by atoms with Gasteiger partial charge < -0.3 is 10.0 Å². The molecule has 1 aromatic heterocycles. The van der Waals surface area contributed by atoms with Crippen molar-refractivity contribution < 1.29 is 9.90 Å². The van der Waals surface area contributed by atoms with E-state index in [0.717, 1.165) is 44.0 Å². The van der Waals surface area contributed by atoms with Crippen molar-refractivity contribution >= 4 is 17.2 Å². The fraction of sp³-hybridized carbons (Fsp3) is 0.615. The molecule has 1 aliphatic rings. The molecule has 0 saturated carbocycles. The second-order valence-electron chi connectivity index (χ2n) is 4.67. The number of carbonyl (C=O) groups is 1. The van der Waals surface area contributed by atoms with E-state index in [1.165, 1.54) is 0 Å². The number of aliphatic hydroxyl groups is 1. The van der Waals surface area contributed by atoms with Gasteiger partial charge in [-0.05, 0) is 17.9 Å². The van der Waals surface area contributed by atoms with Crippen molar-refractivity contribution in [3.63, 3.8) is 0 Å². The normalized spacial score (nSPS) is 18.9. The van der Waals surface area contributed by atoms with Crippen molar-refractivity contribution in [3.8, 4) is 0 Å². The summed E-state index contributed by atoms with van der Waals surface area (Å²) in [6.45, 7) is 5.96. The number of hydrogen-bond acceptors (Lipinski definition) is 4. The molecule has 1 saturated heterocycles. The number of nitrogens with zero attached hydrogens (tertiary/aromatic N) is 2. The van der Waals surface area contributed by atoms with E-state index < -0.39 is 0 Å². The topological polar surface area (TPSA) is 43.8 Å². The smallest absolute Gasteiger partial charge is 0.219 e. The molecule has 1 aliphatic heterocycles. The van der Waals surface area contributed by atoms with E-state index in [1.54, 1.807) is 18.3 Å². The van der Waals surface area contributed by atoms with Gasteiger partial charge in [0.1, 0.15) is 0 Å². The van der Waals surface area contributed by atoms with E-state index >= 15 is 0 Å². The molecule has 0 aromatic carbocycles. The highest BCUT2D eigenvalue weighted by Gasteiger charge is 2.19. The number of hydrogen-bond donors (Lipinski definition) is 1. The average Bonchev–Trinajstić information content (AvgIpc) is 2.90. The first-order chi connectivity index (χ1) is 8.66. The maximum Gasteiger partial charge on any atom is 0.219 e. The minimum atomic E-state index is -0.351. The molecule has 2 rings (SSSR count).